The number of benzene rings is 3. The highest BCUT2D eigenvalue weighted by Crippen LogP contribution is 2.57. The minimum atomic E-state index is -0.279. The van der Waals surface area contributed by atoms with Crippen LogP contribution in [0.25, 0.3) is 34.3 Å². The van der Waals surface area contributed by atoms with Crippen molar-refractivity contribution in [1.82, 2.24) is 4.57 Å². The van der Waals surface area contributed by atoms with Crippen LogP contribution in [0, 0.1) is 0 Å². The number of rotatable bonds is 1. The molecule has 0 amide bonds. The largest absolute Gasteiger partial charge is 0.309 e. The molecule has 0 bridgehead atoms. The van der Waals surface area contributed by atoms with Crippen LogP contribution in [0.5, 0.6) is 0 Å². The van der Waals surface area contributed by atoms with Crippen molar-refractivity contribution in [2.75, 3.05) is 0 Å². The van der Waals surface area contributed by atoms with Gasteiger partial charge in [0.1, 0.15) is 0 Å². The van der Waals surface area contributed by atoms with Gasteiger partial charge < -0.3 is 4.57 Å². The van der Waals surface area contributed by atoms with Gasteiger partial charge in [0, 0.05) is 10.6 Å². The molecule has 0 N–H and O–H groups in total. The van der Waals surface area contributed by atoms with E-state index in [1.807, 2.05) is 0 Å². The first-order chi connectivity index (χ1) is 15.1. The molecule has 1 unspecified atom stereocenters. The van der Waals surface area contributed by atoms with Crippen molar-refractivity contribution >= 4 is 28.6 Å². The molecular formula is C30H25N. The summed E-state index contributed by atoms with van der Waals surface area (Å²) in [6.45, 7) is 11.3. The third kappa shape index (κ3) is 2.02. The fourth-order valence-corrected chi connectivity index (χ4v) is 6.18. The fraction of sp³-hybridized carbons (Fsp3) is 0.133. The molecule has 0 fully saturated rings. The first kappa shape index (κ1) is 18.2. The lowest BCUT2D eigenvalue weighted by Gasteiger charge is -2.39. The van der Waals surface area contributed by atoms with Crippen molar-refractivity contribution < 1.29 is 0 Å². The van der Waals surface area contributed by atoms with Crippen LogP contribution in [0.3, 0.4) is 0 Å². The highest BCUT2D eigenvalue weighted by atomic mass is 15.0. The average molecular weight is 400 g/mol. The van der Waals surface area contributed by atoms with Crippen LogP contribution in [0.1, 0.15) is 37.5 Å². The zero-order chi connectivity index (χ0) is 21.3. The van der Waals surface area contributed by atoms with Crippen molar-refractivity contribution in [2.45, 2.75) is 26.2 Å². The third-order valence-corrected chi connectivity index (χ3v) is 7.37. The number of allylic oxidation sites excluding steroid dienone is 4. The van der Waals surface area contributed by atoms with Gasteiger partial charge in [-0.2, -0.15) is 0 Å². The van der Waals surface area contributed by atoms with E-state index < -0.39 is 0 Å². The van der Waals surface area contributed by atoms with Gasteiger partial charge in [-0.05, 0) is 66.3 Å². The van der Waals surface area contributed by atoms with Gasteiger partial charge >= 0.3 is 0 Å². The SMILES string of the molecule is C=c1c2n(c3ccccc13)-c1ccccc1C1(C(C)=C(C=CC)c3ccccc31)C=2C. The molecule has 6 rings (SSSR count). The van der Waals surface area contributed by atoms with E-state index in [2.05, 4.69) is 117 Å². The predicted octanol–water partition coefficient (Wildman–Crippen LogP) is 5.87. The Bertz CT molecular complexity index is 1570. The summed E-state index contributed by atoms with van der Waals surface area (Å²) in [5.74, 6) is 0. The number of nitrogens with zero attached hydrogens (tertiary/aromatic N) is 1. The minimum Gasteiger partial charge on any atom is -0.309 e. The maximum absolute atomic E-state index is 4.56. The zero-order valence-corrected chi connectivity index (χ0v) is 18.2. The molecule has 1 heteroatoms. The summed E-state index contributed by atoms with van der Waals surface area (Å²) in [7, 11) is 0. The quantitative estimate of drug-likeness (QED) is 0.377. The molecule has 4 aromatic rings. The highest BCUT2D eigenvalue weighted by Gasteiger charge is 2.48. The molecule has 1 atom stereocenters. The van der Waals surface area contributed by atoms with E-state index >= 15 is 0 Å². The van der Waals surface area contributed by atoms with Crippen LogP contribution in [-0.2, 0) is 5.41 Å². The molecule has 1 spiro atoms. The molecule has 0 saturated carbocycles. The van der Waals surface area contributed by atoms with Gasteiger partial charge in [-0.1, -0.05) is 79.4 Å². The summed E-state index contributed by atoms with van der Waals surface area (Å²) in [5, 5.41) is 3.59. The number of fused-ring (bicyclic) bond motifs is 8. The molecule has 1 aliphatic carbocycles. The normalized spacial score (nSPS) is 19.4. The Hall–Kier alpha value is -3.58. The smallest absolute Gasteiger partial charge is 0.0674 e. The maximum Gasteiger partial charge on any atom is 0.0674 e. The molecule has 1 nitrogen and oxygen atoms in total. The Morgan fingerprint density at radius 3 is 2.29 bits per heavy atom. The Labute approximate surface area is 183 Å². The van der Waals surface area contributed by atoms with E-state index in [1.165, 1.54) is 55.3 Å². The zero-order valence-electron chi connectivity index (χ0n) is 18.2. The molecule has 3 aromatic carbocycles. The Balaban J connectivity index is 1.93. The van der Waals surface area contributed by atoms with E-state index in [0.717, 1.165) is 5.22 Å². The second kappa shape index (κ2) is 6.21. The summed E-state index contributed by atoms with van der Waals surface area (Å²) < 4.78 is 2.43. The molecule has 1 aliphatic heterocycles. The Morgan fingerprint density at radius 1 is 0.806 bits per heavy atom. The standard InChI is InChI=1S/C30H25N/c1-5-12-23-20(3)30(25-15-8-6-14-24(23)25)21(4)29-19(2)22-13-7-10-17-27(22)31(29)28-18-11-9-16-26(28)30/h5-18H,2H2,1,3-4H3. The lowest BCUT2D eigenvalue weighted by molar-refractivity contribution is 0.746. The third-order valence-electron chi connectivity index (χ3n) is 7.37. The van der Waals surface area contributed by atoms with Gasteiger partial charge in [0.2, 0.25) is 0 Å². The van der Waals surface area contributed by atoms with Crippen molar-refractivity contribution in [3.63, 3.8) is 0 Å². The van der Waals surface area contributed by atoms with Gasteiger partial charge in [-0.3, -0.25) is 0 Å². The molecule has 2 aliphatic rings. The average Bonchev–Trinajstić information content (AvgIpc) is 3.24. The monoisotopic (exact) mass is 399 g/mol. The topological polar surface area (TPSA) is 4.93 Å². The van der Waals surface area contributed by atoms with E-state index in [9.17, 15) is 0 Å². The van der Waals surface area contributed by atoms with Crippen molar-refractivity contribution in [3.05, 3.63) is 118 Å². The lowest BCUT2D eigenvalue weighted by atomic mass is 9.65. The summed E-state index contributed by atoms with van der Waals surface area (Å²) >= 11 is 0. The van der Waals surface area contributed by atoms with Crippen LogP contribution >= 0.6 is 0 Å². The molecule has 0 saturated heterocycles. The van der Waals surface area contributed by atoms with E-state index in [1.54, 1.807) is 0 Å². The van der Waals surface area contributed by atoms with Gasteiger partial charge in [-0.15, -0.1) is 0 Å². The fourth-order valence-electron chi connectivity index (χ4n) is 6.18. The highest BCUT2D eigenvalue weighted by molar-refractivity contribution is 5.96. The minimum absolute atomic E-state index is 0.279. The molecule has 2 heterocycles. The van der Waals surface area contributed by atoms with Gasteiger partial charge in [0.15, 0.2) is 0 Å². The summed E-state index contributed by atoms with van der Waals surface area (Å²) in [6, 6.07) is 26.5. The molecule has 1 aromatic heterocycles. The summed E-state index contributed by atoms with van der Waals surface area (Å²) in [5.41, 5.74) is 10.4. The molecule has 0 radical (unpaired) electrons. The van der Waals surface area contributed by atoms with E-state index in [0.29, 0.717) is 0 Å². The first-order valence-electron chi connectivity index (χ1n) is 11.0. The van der Waals surface area contributed by atoms with Crippen molar-refractivity contribution in [3.8, 4) is 5.69 Å². The van der Waals surface area contributed by atoms with Crippen LogP contribution in [0.2, 0.25) is 0 Å². The Morgan fingerprint density at radius 2 is 1.48 bits per heavy atom. The maximum atomic E-state index is 4.56. The molecule has 150 valence electrons. The lowest BCUT2D eigenvalue weighted by Crippen LogP contribution is -2.43. The summed E-state index contributed by atoms with van der Waals surface area (Å²) in [4.78, 5) is 0. The number of para-hydroxylation sites is 2. The Kier molecular flexibility index (Phi) is 3.65. The van der Waals surface area contributed by atoms with E-state index in [4.69, 9.17) is 0 Å². The second-order valence-electron chi connectivity index (χ2n) is 8.66. The first-order valence-corrected chi connectivity index (χ1v) is 11.0. The van der Waals surface area contributed by atoms with Gasteiger partial charge in [0.05, 0.1) is 22.0 Å². The van der Waals surface area contributed by atoms with E-state index in [-0.39, 0.29) is 5.41 Å². The number of aromatic nitrogens is 1. The summed E-state index contributed by atoms with van der Waals surface area (Å²) in [6.07, 6.45) is 4.43. The second-order valence-corrected chi connectivity index (χ2v) is 8.66. The molecular weight excluding hydrogens is 374 g/mol. The predicted molar refractivity (Wildman–Crippen MR) is 132 cm³/mol. The van der Waals surface area contributed by atoms with Gasteiger partial charge in [-0.25, -0.2) is 0 Å². The van der Waals surface area contributed by atoms with Crippen molar-refractivity contribution in [2.24, 2.45) is 0 Å². The molecule has 31 heavy (non-hydrogen) atoms. The van der Waals surface area contributed by atoms with Gasteiger partial charge in [0.25, 0.3) is 0 Å². The van der Waals surface area contributed by atoms with Crippen LogP contribution in [0.4, 0.5) is 0 Å². The van der Waals surface area contributed by atoms with Crippen molar-refractivity contribution in [1.29, 1.82) is 0 Å². The van der Waals surface area contributed by atoms with Crippen LogP contribution in [0.15, 0.2) is 90.5 Å². The number of hydrogen-bond acceptors (Lipinski definition) is 0. The van der Waals surface area contributed by atoms with Crippen LogP contribution < -0.4 is 10.6 Å². The number of hydrogen-bond donors (Lipinski definition) is 0. The van der Waals surface area contributed by atoms with Crippen LogP contribution in [-0.4, -0.2) is 4.57 Å².